The minimum absolute atomic E-state index is 0.0194. The summed E-state index contributed by atoms with van der Waals surface area (Å²) < 4.78 is 38.2. The molecule has 1 N–H and O–H groups in total. The van der Waals surface area contributed by atoms with E-state index in [0.29, 0.717) is 57.9 Å². The number of hydrogen-bond donors (Lipinski definition) is 1. The molecule has 184 valence electrons. The van der Waals surface area contributed by atoms with Crippen molar-refractivity contribution < 1.29 is 23.0 Å². The van der Waals surface area contributed by atoms with E-state index in [1.807, 2.05) is 6.92 Å². The van der Waals surface area contributed by atoms with Gasteiger partial charge in [-0.05, 0) is 19.1 Å². The van der Waals surface area contributed by atoms with E-state index in [9.17, 15) is 13.6 Å². The zero-order valence-corrected chi connectivity index (χ0v) is 19.8. The normalized spacial score (nSPS) is 17.3. The van der Waals surface area contributed by atoms with Crippen molar-refractivity contribution in [3.63, 3.8) is 0 Å². The van der Waals surface area contributed by atoms with Crippen LogP contribution in [0.4, 0.5) is 20.4 Å². The van der Waals surface area contributed by atoms with Gasteiger partial charge in [0.1, 0.15) is 11.9 Å². The minimum atomic E-state index is -0.693. The van der Waals surface area contributed by atoms with Crippen molar-refractivity contribution in [2.24, 2.45) is 0 Å². The fourth-order valence-electron chi connectivity index (χ4n) is 4.37. The van der Waals surface area contributed by atoms with Gasteiger partial charge in [0.05, 0.1) is 24.5 Å². The lowest BCUT2D eigenvalue weighted by atomic mass is 10.1. The number of anilines is 2. The molecule has 1 unspecified atom stereocenters. The first-order chi connectivity index (χ1) is 16.3. The number of halogens is 2. The Balaban J connectivity index is 1.50. The van der Waals surface area contributed by atoms with Crippen LogP contribution in [0.2, 0.25) is 0 Å². The molecule has 0 bridgehead atoms. The van der Waals surface area contributed by atoms with E-state index >= 15 is 0 Å². The molecule has 1 fully saturated rings. The van der Waals surface area contributed by atoms with Crippen LogP contribution in [-0.4, -0.2) is 66.3 Å². The molecule has 1 amide bonds. The maximum atomic E-state index is 14.0. The maximum Gasteiger partial charge on any atom is 0.219 e. The molecule has 2 aliphatic rings. The molecule has 1 atom stereocenters. The van der Waals surface area contributed by atoms with Crippen LogP contribution in [-0.2, 0) is 22.5 Å². The molecule has 0 radical (unpaired) electrons. The highest BCUT2D eigenvalue weighted by atomic mass is 19.1. The van der Waals surface area contributed by atoms with E-state index < -0.39 is 11.6 Å². The molecule has 1 saturated heterocycles. The molecule has 10 heteroatoms. The van der Waals surface area contributed by atoms with Crippen molar-refractivity contribution in [3.05, 3.63) is 41.2 Å². The Morgan fingerprint density at radius 1 is 1.21 bits per heavy atom. The van der Waals surface area contributed by atoms with E-state index in [4.69, 9.17) is 19.4 Å². The van der Waals surface area contributed by atoms with Crippen LogP contribution < -0.4 is 15.0 Å². The molecule has 2 aliphatic heterocycles. The van der Waals surface area contributed by atoms with Gasteiger partial charge in [0, 0.05) is 65.0 Å². The van der Waals surface area contributed by atoms with Gasteiger partial charge in [-0.15, -0.1) is 0 Å². The average Bonchev–Trinajstić information content (AvgIpc) is 2.81. The van der Waals surface area contributed by atoms with Gasteiger partial charge in [-0.2, -0.15) is 0 Å². The molecule has 4 rings (SSSR count). The first-order valence-corrected chi connectivity index (χ1v) is 11.6. The predicted molar refractivity (Wildman–Crippen MR) is 124 cm³/mol. The second kappa shape index (κ2) is 10.5. The average molecular weight is 476 g/mol. The lowest BCUT2D eigenvalue weighted by Crippen LogP contribution is -2.41. The van der Waals surface area contributed by atoms with Gasteiger partial charge in [0.2, 0.25) is 5.91 Å². The van der Waals surface area contributed by atoms with Crippen molar-refractivity contribution in [2.75, 3.05) is 43.6 Å². The summed E-state index contributed by atoms with van der Waals surface area (Å²) in [6.07, 6.45) is 1.82. The fourth-order valence-corrected chi connectivity index (χ4v) is 4.37. The second-order valence-electron chi connectivity index (χ2n) is 8.86. The number of ether oxygens (including phenoxy) is 2. The topological polar surface area (TPSA) is 79.8 Å². The number of fused-ring (bicyclic) bond motifs is 1. The minimum Gasteiger partial charge on any atom is -0.487 e. The Morgan fingerprint density at radius 2 is 1.97 bits per heavy atom. The van der Waals surface area contributed by atoms with Crippen molar-refractivity contribution in [1.29, 1.82) is 0 Å². The third-order valence-electron chi connectivity index (χ3n) is 6.17. The second-order valence-corrected chi connectivity index (χ2v) is 8.86. The smallest absolute Gasteiger partial charge is 0.219 e. The number of rotatable bonds is 7. The van der Waals surface area contributed by atoms with E-state index in [0.717, 1.165) is 23.3 Å². The van der Waals surface area contributed by atoms with Crippen LogP contribution >= 0.6 is 0 Å². The van der Waals surface area contributed by atoms with Gasteiger partial charge in [0.15, 0.2) is 23.2 Å². The Morgan fingerprint density at radius 3 is 2.65 bits per heavy atom. The summed E-state index contributed by atoms with van der Waals surface area (Å²) in [6.45, 7) is 6.48. The third kappa shape index (κ3) is 5.55. The van der Waals surface area contributed by atoms with E-state index in [1.165, 1.54) is 12.1 Å². The van der Waals surface area contributed by atoms with Crippen LogP contribution in [0, 0.1) is 11.6 Å². The number of nitrogens with zero attached hydrogens (tertiary/aromatic N) is 4. The summed E-state index contributed by atoms with van der Waals surface area (Å²) >= 11 is 0. The van der Waals surface area contributed by atoms with Gasteiger partial charge < -0.3 is 24.6 Å². The Kier molecular flexibility index (Phi) is 7.45. The van der Waals surface area contributed by atoms with Gasteiger partial charge >= 0.3 is 0 Å². The molecule has 2 aromatic rings. The number of carbonyl (C=O) groups excluding carboxylic acids is 1. The van der Waals surface area contributed by atoms with E-state index in [2.05, 4.69) is 10.2 Å². The van der Waals surface area contributed by atoms with Crippen LogP contribution in [0.3, 0.4) is 0 Å². The molecule has 0 saturated carbocycles. The first kappa shape index (κ1) is 24.1. The van der Waals surface area contributed by atoms with Crippen molar-refractivity contribution in [2.45, 2.75) is 51.8 Å². The largest absolute Gasteiger partial charge is 0.487 e. The summed E-state index contributed by atoms with van der Waals surface area (Å²) in [5.41, 5.74) is 1.71. The van der Waals surface area contributed by atoms with E-state index in [-0.39, 0.29) is 23.8 Å². The van der Waals surface area contributed by atoms with Crippen LogP contribution in [0.1, 0.15) is 38.1 Å². The molecule has 3 heterocycles. The Bertz CT molecular complexity index is 1030. The van der Waals surface area contributed by atoms with Crippen molar-refractivity contribution >= 4 is 17.5 Å². The van der Waals surface area contributed by atoms with Gasteiger partial charge in [-0.3, -0.25) is 4.79 Å². The van der Waals surface area contributed by atoms with Crippen molar-refractivity contribution in [1.82, 2.24) is 14.9 Å². The summed E-state index contributed by atoms with van der Waals surface area (Å²) in [7, 11) is 1.65. The lowest BCUT2D eigenvalue weighted by molar-refractivity contribution is -0.129. The molecular weight excluding hydrogens is 444 g/mol. The SMILES string of the molecule is COCC(C)Nc1nc2c(nc1N1CCC(Oc3ccc(F)cc3F)CC1)CCN(C(C)=O)C2. The summed E-state index contributed by atoms with van der Waals surface area (Å²) in [5.74, 6) is 0.209. The summed E-state index contributed by atoms with van der Waals surface area (Å²) in [6, 6.07) is 3.38. The molecule has 0 aliphatic carbocycles. The quantitative estimate of drug-likeness (QED) is 0.659. The molecule has 34 heavy (non-hydrogen) atoms. The van der Waals surface area contributed by atoms with Gasteiger partial charge in [-0.1, -0.05) is 0 Å². The zero-order valence-electron chi connectivity index (χ0n) is 19.8. The fraction of sp³-hybridized carbons (Fsp3) is 0.542. The highest BCUT2D eigenvalue weighted by Gasteiger charge is 2.28. The molecule has 0 spiro atoms. The van der Waals surface area contributed by atoms with Gasteiger partial charge in [-0.25, -0.2) is 18.7 Å². The third-order valence-corrected chi connectivity index (χ3v) is 6.17. The number of nitrogens with one attached hydrogen (secondary N) is 1. The maximum absolute atomic E-state index is 14.0. The number of piperidine rings is 1. The molecule has 1 aromatic carbocycles. The number of benzene rings is 1. The zero-order chi connectivity index (χ0) is 24.2. The van der Waals surface area contributed by atoms with Crippen LogP contribution in [0.15, 0.2) is 18.2 Å². The van der Waals surface area contributed by atoms with Crippen LogP contribution in [0.5, 0.6) is 5.75 Å². The summed E-state index contributed by atoms with van der Waals surface area (Å²) in [4.78, 5) is 25.6. The molecule has 1 aromatic heterocycles. The monoisotopic (exact) mass is 475 g/mol. The Hall–Kier alpha value is -3.01. The predicted octanol–water partition coefficient (Wildman–Crippen LogP) is 3.15. The van der Waals surface area contributed by atoms with Crippen molar-refractivity contribution in [3.8, 4) is 5.75 Å². The first-order valence-electron chi connectivity index (χ1n) is 11.6. The standard InChI is InChI=1S/C24H31F2N5O3/c1-15(14-33-3)27-23-24(29-20-8-11-31(16(2)32)13-21(20)28-23)30-9-6-18(7-10-30)34-22-5-4-17(25)12-19(22)26/h4-5,12,15,18H,6-11,13-14H2,1-3H3,(H,27,28). The van der Waals surface area contributed by atoms with Crippen LogP contribution in [0.25, 0.3) is 0 Å². The summed E-state index contributed by atoms with van der Waals surface area (Å²) in [5, 5.41) is 3.41. The highest BCUT2D eigenvalue weighted by molar-refractivity contribution is 5.73. The highest BCUT2D eigenvalue weighted by Crippen LogP contribution is 2.30. The lowest BCUT2D eigenvalue weighted by Gasteiger charge is -2.35. The number of amides is 1. The molecule has 8 nitrogen and oxygen atoms in total. The molecular formula is C24H31F2N5O3. The number of hydrogen-bond acceptors (Lipinski definition) is 7. The number of aromatic nitrogens is 2. The number of methoxy groups -OCH3 is 1. The Labute approximate surface area is 198 Å². The van der Waals surface area contributed by atoms with Gasteiger partial charge in [0.25, 0.3) is 0 Å². The number of carbonyl (C=O) groups is 1. The van der Waals surface area contributed by atoms with E-state index in [1.54, 1.807) is 18.9 Å².